The minimum atomic E-state index is -0.572. The fourth-order valence-corrected chi connectivity index (χ4v) is 1.36. The van der Waals surface area contributed by atoms with Crippen LogP contribution in [0.5, 0.6) is 0 Å². The first-order valence-electron chi connectivity index (χ1n) is 6.51. The van der Waals surface area contributed by atoms with E-state index in [1.54, 1.807) is 7.85 Å². The van der Waals surface area contributed by atoms with E-state index < -0.39 is 5.72 Å². The van der Waals surface area contributed by atoms with Gasteiger partial charge in [0.25, 0.3) is 0 Å². The number of hydrogen-bond acceptors (Lipinski definition) is 3. The molecule has 0 aliphatic rings. The van der Waals surface area contributed by atoms with Crippen LogP contribution in [0.2, 0.25) is 0 Å². The SMILES string of the molecule is BC(=O)C(C)(C)CCOC(C)(N)CCC(C)C. The van der Waals surface area contributed by atoms with Crippen LogP contribution in [0, 0.1) is 11.3 Å². The van der Waals surface area contributed by atoms with E-state index in [0.717, 1.165) is 19.3 Å². The molecule has 4 heteroatoms. The first-order chi connectivity index (χ1) is 7.57. The Morgan fingerprint density at radius 3 is 2.24 bits per heavy atom. The normalized spacial score (nSPS) is 15.9. The van der Waals surface area contributed by atoms with Crippen molar-refractivity contribution < 1.29 is 9.53 Å². The summed E-state index contributed by atoms with van der Waals surface area (Å²) >= 11 is 0. The lowest BCUT2D eigenvalue weighted by atomic mass is 9.75. The van der Waals surface area contributed by atoms with Crippen molar-refractivity contribution in [3.05, 3.63) is 0 Å². The molecule has 1 unspecified atom stereocenters. The van der Waals surface area contributed by atoms with Gasteiger partial charge < -0.3 is 15.3 Å². The van der Waals surface area contributed by atoms with Gasteiger partial charge in [-0.1, -0.05) is 27.7 Å². The van der Waals surface area contributed by atoms with Crippen molar-refractivity contribution in [2.24, 2.45) is 17.1 Å². The van der Waals surface area contributed by atoms with Gasteiger partial charge in [-0.05, 0) is 32.1 Å². The number of hydrogen-bond donors (Lipinski definition) is 1. The molecule has 0 aromatic carbocycles. The molecule has 0 spiro atoms. The zero-order valence-electron chi connectivity index (χ0n) is 12.3. The maximum absolute atomic E-state index is 11.3. The summed E-state index contributed by atoms with van der Waals surface area (Å²) in [4.78, 5) is 11.3. The predicted octanol–water partition coefficient (Wildman–Crippen LogP) is 1.69. The molecule has 2 N–H and O–H groups in total. The van der Waals surface area contributed by atoms with E-state index in [-0.39, 0.29) is 11.1 Å². The third-order valence-corrected chi connectivity index (χ3v) is 3.33. The van der Waals surface area contributed by atoms with Crippen LogP contribution in [0.4, 0.5) is 0 Å². The van der Waals surface area contributed by atoms with Crippen molar-refractivity contribution in [1.29, 1.82) is 0 Å². The van der Waals surface area contributed by atoms with Gasteiger partial charge in [-0.25, -0.2) is 0 Å². The molecular formula is C13H28BNO2. The quantitative estimate of drug-likeness (QED) is 0.519. The van der Waals surface area contributed by atoms with E-state index in [4.69, 9.17) is 10.5 Å². The molecule has 0 aliphatic carbocycles. The lowest BCUT2D eigenvalue weighted by molar-refractivity contribution is -0.121. The molecule has 0 aromatic rings. The largest absolute Gasteiger partial charge is 0.361 e. The molecule has 0 rings (SSSR count). The smallest absolute Gasteiger partial charge is 0.187 e. The molecule has 1 atom stereocenters. The summed E-state index contributed by atoms with van der Waals surface area (Å²) in [6.45, 7) is 10.7. The van der Waals surface area contributed by atoms with Crippen LogP contribution in [-0.2, 0) is 9.53 Å². The fourth-order valence-electron chi connectivity index (χ4n) is 1.36. The number of rotatable bonds is 8. The molecule has 0 saturated heterocycles. The Labute approximate surface area is 107 Å². The van der Waals surface area contributed by atoms with Gasteiger partial charge in [0.05, 0.1) is 5.68 Å². The van der Waals surface area contributed by atoms with Crippen molar-refractivity contribution in [1.82, 2.24) is 0 Å². The molecule has 0 amide bonds. The van der Waals surface area contributed by atoms with Gasteiger partial charge in [-0.3, -0.25) is 0 Å². The number of nitrogens with two attached hydrogens (primary N) is 1. The Bertz CT molecular complexity index is 250. The van der Waals surface area contributed by atoms with E-state index in [0.29, 0.717) is 12.5 Å². The Kier molecular flexibility index (Phi) is 6.42. The van der Waals surface area contributed by atoms with E-state index in [1.165, 1.54) is 0 Å². The van der Waals surface area contributed by atoms with Crippen molar-refractivity contribution in [2.75, 3.05) is 6.61 Å². The minimum absolute atomic E-state index is 0.196. The zero-order chi connectivity index (χ0) is 13.7. The second kappa shape index (κ2) is 6.55. The van der Waals surface area contributed by atoms with Crippen molar-refractivity contribution in [3.63, 3.8) is 0 Å². The highest BCUT2D eigenvalue weighted by atomic mass is 16.5. The van der Waals surface area contributed by atoms with E-state index >= 15 is 0 Å². The highest BCUT2D eigenvalue weighted by Crippen LogP contribution is 2.22. The van der Waals surface area contributed by atoms with Crippen molar-refractivity contribution in [2.45, 2.75) is 59.6 Å². The molecule has 3 nitrogen and oxygen atoms in total. The van der Waals surface area contributed by atoms with Crippen LogP contribution in [-0.4, -0.2) is 25.9 Å². The molecule has 100 valence electrons. The molecule has 0 radical (unpaired) electrons. The lowest BCUT2D eigenvalue weighted by Gasteiger charge is -2.28. The molecule has 0 aromatic heterocycles. The first kappa shape index (κ1) is 16.7. The summed E-state index contributed by atoms with van der Waals surface area (Å²) in [7, 11) is 1.63. The maximum atomic E-state index is 11.3. The van der Waals surface area contributed by atoms with Gasteiger partial charge in [-0.2, -0.15) is 0 Å². The highest BCUT2D eigenvalue weighted by Gasteiger charge is 2.25. The van der Waals surface area contributed by atoms with Crippen LogP contribution in [0.1, 0.15) is 53.9 Å². The summed E-state index contributed by atoms with van der Waals surface area (Å²) in [5, 5.41) is 0. The molecule has 0 saturated carbocycles. The van der Waals surface area contributed by atoms with E-state index in [2.05, 4.69) is 13.8 Å². The average Bonchev–Trinajstić information content (AvgIpc) is 2.14. The van der Waals surface area contributed by atoms with Gasteiger partial charge in [0, 0.05) is 12.0 Å². The molecule has 0 heterocycles. The zero-order valence-corrected chi connectivity index (χ0v) is 12.3. The van der Waals surface area contributed by atoms with Crippen molar-refractivity contribution >= 4 is 13.5 Å². The summed E-state index contributed by atoms with van der Waals surface area (Å²) in [5.41, 5.74) is 5.38. The average molecular weight is 241 g/mol. The third-order valence-electron chi connectivity index (χ3n) is 3.33. The second-order valence-corrected chi connectivity index (χ2v) is 6.28. The molecule has 0 bridgehead atoms. The first-order valence-corrected chi connectivity index (χ1v) is 6.51. The van der Waals surface area contributed by atoms with E-state index in [1.807, 2.05) is 20.8 Å². The van der Waals surface area contributed by atoms with Crippen LogP contribution in [0.15, 0.2) is 0 Å². The Morgan fingerprint density at radius 1 is 1.29 bits per heavy atom. The maximum Gasteiger partial charge on any atom is 0.187 e. The molecular weight excluding hydrogens is 213 g/mol. The topological polar surface area (TPSA) is 52.3 Å². The fraction of sp³-hybridized carbons (Fsp3) is 0.923. The van der Waals surface area contributed by atoms with Crippen LogP contribution < -0.4 is 5.73 Å². The van der Waals surface area contributed by atoms with Gasteiger partial charge in [0.15, 0.2) is 7.85 Å². The van der Waals surface area contributed by atoms with Gasteiger partial charge in [0.1, 0.15) is 5.72 Å². The van der Waals surface area contributed by atoms with Gasteiger partial charge in [0.2, 0.25) is 0 Å². The van der Waals surface area contributed by atoms with Crippen LogP contribution in [0.25, 0.3) is 0 Å². The Morgan fingerprint density at radius 2 is 1.82 bits per heavy atom. The highest BCUT2D eigenvalue weighted by molar-refractivity contribution is 6.58. The standard InChI is InChI=1S/C13H28BNO2/c1-10(2)6-7-13(5,15)17-9-8-12(3,4)11(14)16/h10H,6-9,14-15H2,1-5H3. The third kappa shape index (κ3) is 7.56. The molecule has 0 fully saturated rings. The number of carbonyl (C=O) groups is 1. The number of carbonyl (C=O) groups excluding carboxylic acids is 1. The van der Waals surface area contributed by atoms with Crippen molar-refractivity contribution in [3.8, 4) is 0 Å². The summed E-state index contributed by atoms with van der Waals surface area (Å²) in [6.07, 6.45) is 2.63. The second-order valence-electron chi connectivity index (χ2n) is 6.28. The summed E-state index contributed by atoms with van der Waals surface area (Å²) in [5.74, 6) is 0.634. The minimum Gasteiger partial charge on any atom is -0.361 e. The summed E-state index contributed by atoms with van der Waals surface area (Å²) < 4.78 is 5.69. The molecule has 0 aliphatic heterocycles. The Balaban J connectivity index is 3.98. The number of ether oxygens (including phenoxy) is 1. The Hall–Kier alpha value is -0.345. The summed E-state index contributed by atoms with van der Waals surface area (Å²) in [6, 6.07) is 0. The van der Waals surface area contributed by atoms with E-state index in [9.17, 15) is 4.79 Å². The van der Waals surface area contributed by atoms with Gasteiger partial charge in [-0.15, -0.1) is 0 Å². The van der Waals surface area contributed by atoms with Gasteiger partial charge >= 0.3 is 0 Å². The molecule has 17 heavy (non-hydrogen) atoms. The predicted molar refractivity (Wildman–Crippen MR) is 74.6 cm³/mol. The monoisotopic (exact) mass is 241 g/mol. The van der Waals surface area contributed by atoms with Crippen LogP contribution >= 0.6 is 0 Å². The lowest BCUT2D eigenvalue weighted by Crippen LogP contribution is -2.40. The van der Waals surface area contributed by atoms with Crippen LogP contribution in [0.3, 0.4) is 0 Å².